The molecule has 0 heterocycles. The molecule has 0 bridgehead atoms. The molecule has 0 radical (unpaired) electrons. The van der Waals surface area contributed by atoms with Crippen molar-refractivity contribution in [3.63, 3.8) is 0 Å². The van der Waals surface area contributed by atoms with Gasteiger partial charge in [0, 0.05) is 10.5 Å². The first kappa shape index (κ1) is 14.2. The molecule has 1 amide bonds. The van der Waals surface area contributed by atoms with Crippen LogP contribution in [0.3, 0.4) is 0 Å². The summed E-state index contributed by atoms with van der Waals surface area (Å²) in [7, 11) is 0. The Morgan fingerprint density at radius 1 is 1.35 bits per heavy atom. The van der Waals surface area contributed by atoms with E-state index in [1.807, 2.05) is 24.3 Å². The summed E-state index contributed by atoms with van der Waals surface area (Å²) < 4.78 is 0.846. The van der Waals surface area contributed by atoms with Gasteiger partial charge in [0.05, 0.1) is 5.56 Å². The molecule has 2 nitrogen and oxygen atoms in total. The lowest BCUT2D eigenvalue weighted by Crippen LogP contribution is -2.32. The topological polar surface area (TPSA) is 29.1 Å². The van der Waals surface area contributed by atoms with Crippen molar-refractivity contribution in [3.8, 4) is 0 Å². The van der Waals surface area contributed by atoms with E-state index in [9.17, 15) is 4.79 Å². The molecule has 17 heavy (non-hydrogen) atoms. The normalized spacial score (nSPS) is 12.2. The van der Waals surface area contributed by atoms with Crippen molar-refractivity contribution in [3.05, 3.63) is 34.3 Å². The van der Waals surface area contributed by atoms with Gasteiger partial charge in [-0.15, -0.1) is 0 Å². The summed E-state index contributed by atoms with van der Waals surface area (Å²) >= 11 is 3.39. The number of carbonyl (C=O) groups excluding carboxylic acids is 1. The van der Waals surface area contributed by atoms with Gasteiger partial charge in [0.1, 0.15) is 0 Å². The highest BCUT2D eigenvalue weighted by atomic mass is 79.9. The van der Waals surface area contributed by atoms with Gasteiger partial charge in [0.15, 0.2) is 0 Å². The molecular weight excluding hydrogens is 278 g/mol. The summed E-state index contributed by atoms with van der Waals surface area (Å²) in [5.74, 6) is 0.00136. The second-order valence-electron chi connectivity index (χ2n) is 4.35. The molecule has 1 atom stereocenters. The van der Waals surface area contributed by atoms with E-state index in [2.05, 4.69) is 35.1 Å². The molecule has 0 aliphatic rings. The highest BCUT2D eigenvalue weighted by Gasteiger charge is 2.11. The number of rotatable bonds is 6. The lowest BCUT2D eigenvalue weighted by atomic mass is 10.1. The van der Waals surface area contributed by atoms with Crippen LogP contribution in [-0.4, -0.2) is 11.9 Å². The first-order valence-electron chi connectivity index (χ1n) is 6.20. The Labute approximate surface area is 112 Å². The number of halogens is 1. The van der Waals surface area contributed by atoms with Crippen molar-refractivity contribution in [1.82, 2.24) is 5.32 Å². The third kappa shape index (κ3) is 4.90. The minimum atomic E-state index is 0.00136. The monoisotopic (exact) mass is 297 g/mol. The molecule has 0 aliphatic carbocycles. The summed E-state index contributed by atoms with van der Waals surface area (Å²) in [6, 6.07) is 7.74. The highest BCUT2D eigenvalue weighted by molar-refractivity contribution is 9.10. The first-order valence-corrected chi connectivity index (χ1v) is 6.99. The van der Waals surface area contributed by atoms with Crippen LogP contribution < -0.4 is 5.32 Å². The van der Waals surface area contributed by atoms with Crippen LogP contribution in [0.4, 0.5) is 0 Å². The number of hydrogen-bond donors (Lipinski definition) is 1. The van der Waals surface area contributed by atoms with Gasteiger partial charge in [0.2, 0.25) is 0 Å². The van der Waals surface area contributed by atoms with Crippen LogP contribution in [0.25, 0.3) is 0 Å². The lowest BCUT2D eigenvalue weighted by Gasteiger charge is -2.14. The predicted octanol–water partition coefficient (Wildman–Crippen LogP) is 4.15. The van der Waals surface area contributed by atoms with Crippen molar-refractivity contribution in [2.75, 3.05) is 0 Å². The molecule has 0 fully saturated rings. The van der Waals surface area contributed by atoms with Gasteiger partial charge in [-0.3, -0.25) is 4.79 Å². The van der Waals surface area contributed by atoms with Crippen LogP contribution in [0, 0.1) is 0 Å². The summed E-state index contributed by atoms with van der Waals surface area (Å²) in [6.07, 6.45) is 4.66. The molecule has 94 valence electrons. The van der Waals surface area contributed by atoms with Gasteiger partial charge in [0.25, 0.3) is 5.91 Å². The van der Waals surface area contributed by atoms with E-state index < -0.39 is 0 Å². The number of carbonyl (C=O) groups is 1. The maximum atomic E-state index is 12.0. The summed E-state index contributed by atoms with van der Waals surface area (Å²) in [5, 5.41) is 3.03. The first-order chi connectivity index (χ1) is 8.15. The maximum Gasteiger partial charge on any atom is 0.252 e. The van der Waals surface area contributed by atoms with Crippen molar-refractivity contribution in [1.29, 1.82) is 0 Å². The Kier molecular flexibility index (Phi) is 6.27. The van der Waals surface area contributed by atoms with Gasteiger partial charge in [-0.05, 0) is 41.4 Å². The fraction of sp³-hybridized carbons (Fsp3) is 0.500. The summed E-state index contributed by atoms with van der Waals surface area (Å²) in [5.41, 5.74) is 0.704. The third-order valence-corrected chi connectivity index (χ3v) is 3.43. The van der Waals surface area contributed by atoms with E-state index >= 15 is 0 Å². The second kappa shape index (κ2) is 7.49. The molecule has 0 saturated heterocycles. The average Bonchev–Trinajstić information content (AvgIpc) is 2.29. The Hall–Kier alpha value is -0.830. The zero-order valence-electron chi connectivity index (χ0n) is 10.5. The fourth-order valence-corrected chi connectivity index (χ4v) is 2.18. The van der Waals surface area contributed by atoms with E-state index in [0.717, 1.165) is 10.9 Å². The maximum absolute atomic E-state index is 12.0. The summed E-state index contributed by atoms with van der Waals surface area (Å²) in [4.78, 5) is 12.0. The zero-order valence-corrected chi connectivity index (χ0v) is 12.1. The van der Waals surface area contributed by atoms with Gasteiger partial charge in [-0.2, -0.15) is 0 Å². The van der Waals surface area contributed by atoms with Crippen LogP contribution in [-0.2, 0) is 0 Å². The van der Waals surface area contributed by atoms with Gasteiger partial charge in [-0.1, -0.05) is 38.3 Å². The average molecular weight is 298 g/mol. The number of benzene rings is 1. The van der Waals surface area contributed by atoms with Crippen molar-refractivity contribution in [2.45, 2.75) is 45.6 Å². The number of amides is 1. The molecular formula is C14H20BrNO. The fourth-order valence-electron chi connectivity index (χ4n) is 1.72. The van der Waals surface area contributed by atoms with E-state index in [0.29, 0.717) is 5.56 Å². The molecule has 0 spiro atoms. The molecule has 1 unspecified atom stereocenters. The Morgan fingerprint density at radius 3 is 2.71 bits per heavy atom. The van der Waals surface area contributed by atoms with Crippen molar-refractivity contribution < 1.29 is 4.79 Å². The van der Waals surface area contributed by atoms with Crippen LogP contribution >= 0.6 is 15.9 Å². The standard InChI is InChI=1S/C14H20BrNO/c1-3-4-5-8-11(2)16-14(17)12-9-6-7-10-13(12)15/h6-7,9-11H,3-5,8H2,1-2H3,(H,16,17). The SMILES string of the molecule is CCCCCC(C)NC(=O)c1ccccc1Br. The van der Waals surface area contributed by atoms with E-state index in [1.54, 1.807) is 0 Å². The van der Waals surface area contributed by atoms with Gasteiger partial charge < -0.3 is 5.32 Å². The third-order valence-electron chi connectivity index (χ3n) is 2.74. The largest absolute Gasteiger partial charge is 0.350 e. The number of unbranched alkanes of at least 4 members (excludes halogenated alkanes) is 2. The van der Waals surface area contributed by atoms with Crippen LogP contribution in [0.15, 0.2) is 28.7 Å². The predicted molar refractivity (Wildman–Crippen MR) is 75.2 cm³/mol. The highest BCUT2D eigenvalue weighted by Crippen LogP contribution is 2.16. The zero-order chi connectivity index (χ0) is 12.7. The molecule has 0 saturated carbocycles. The Morgan fingerprint density at radius 2 is 2.06 bits per heavy atom. The minimum absolute atomic E-state index is 0.00136. The quantitative estimate of drug-likeness (QED) is 0.785. The van der Waals surface area contributed by atoms with E-state index in [-0.39, 0.29) is 11.9 Å². The van der Waals surface area contributed by atoms with Crippen LogP contribution in [0.2, 0.25) is 0 Å². The van der Waals surface area contributed by atoms with E-state index in [4.69, 9.17) is 0 Å². The van der Waals surface area contributed by atoms with Crippen LogP contribution in [0.5, 0.6) is 0 Å². The molecule has 1 rings (SSSR count). The summed E-state index contributed by atoms with van der Waals surface area (Å²) in [6.45, 7) is 4.24. The second-order valence-corrected chi connectivity index (χ2v) is 5.20. The molecule has 3 heteroatoms. The molecule has 0 aliphatic heterocycles. The van der Waals surface area contributed by atoms with Gasteiger partial charge in [-0.25, -0.2) is 0 Å². The van der Waals surface area contributed by atoms with Crippen LogP contribution in [0.1, 0.15) is 49.9 Å². The molecule has 1 N–H and O–H groups in total. The van der Waals surface area contributed by atoms with Gasteiger partial charge >= 0.3 is 0 Å². The van der Waals surface area contributed by atoms with Crippen molar-refractivity contribution >= 4 is 21.8 Å². The smallest absolute Gasteiger partial charge is 0.252 e. The Balaban J connectivity index is 2.46. The molecule has 1 aromatic carbocycles. The number of hydrogen-bond acceptors (Lipinski definition) is 1. The van der Waals surface area contributed by atoms with Crippen molar-refractivity contribution in [2.24, 2.45) is 0 Å². The minimum Gasteiger partial charge on any atom is -0.350 e. The number of nitrogens with one attached hydrogen (secondary N) is 1. The lowest BCUT2D eigenvalue weighted by molar-refractivity contribution is 0.0937. The van der Waals surface area contributed by atoms with E-state index in [1.165, 1.54) is 19.3 Å². The molecule has 1 aromatic rings. The Bertz CT molecular complexity index is 365. The molecule has 0 aromatic heterocycles.